The zero-order valence-corrected chi connectivity index (χ0v) is 17.1. The Morgan fingerprint density at radius 3 is 2.54 bits per heavy atom. The topological polar surface area (TPSA) is 84.0 Å². The molecule has 0 aromatic heterocycles. The van der Waals surface area contributed by atoms with Crippen molar-refractivity contribution in [3.05, 3.63) is 23.8 Å². The molecule has 0 spiro atoms. The molecule has 1 rings (SSSR count). The molecule has 7 nitrogen and oxygen atoms in total. The van der Waals surface area contributed by atoms with E-state index in [0.717, 1.165) is 0 Å². The number of benzene rings is 1. The fourth-order valence-corrected chi connectivity index (χ4v) is 2.41. The average molecular weight is 400 g/mol. The highest BCUT2D eigenvalue weighted by Gasteiger charge is 2.26. The van der Waals surface area contributed by atoms with Gasteiger partial charge < -0.3 is 25.4 Å². The number of para-hydroxylation sites is 1. The number of rotatable bonds is 10. The van der Waals surface area contributed by atoms with Crippen molar-refractivity contribution >= 4 is 11.9 Å². The van der Waals surface area contributed by atoms with Crippen molar-refractivity contribution in [1.82, 2.24) is 16.0 Å². The van der Waals surface area contributed by atoms with Crippen molar-refractivity contribution in [1.29, 1.82) is 0 Å². The quantitative estimate of drug-likeness (QED) is 0.415. The van der Waals surface area contributed by atoms with Crippen molar-refractivity contribution in [2.24, 2.45) is 10.4 Å². The number of amides is 1. The first-order valence-corrected chi connectivity index (χ1v) is 9.19. The van der Waals surface area contributed by atoms with Crippen LogP contribution in [0.1, 0.15) is 33.3 Å². The molecular formula is C19H30F2N4O3. The van der Waals surface area contributed by atoms with Gasteiger partial charge in [0.25, 0.3) is 0 Å². The minimum absolute atomic E-state index is 0.0235. The summed E-state index contributed by atoms with van der Waals surface area (Å²) in [4.78, 5) is 16.3. The zero-order chi connectivity index (χ0) is 21.2. The van der Waals surface area contributed by atoms with E-state index in [-0.39, 0.29) is 24.0 Å². The number of guanidine groups is 1. The van der Waals surface area contributed by atoms with Gasteiger partial charge >= 0.3 is 6.61 Å². The maximum absolute atomic E-state index is 12.8. The Kier molecular flexibility index (Phi) is 9.47. The second kappa shape index (κ2) is 11.3. The molecule has 158 valence electrons. The van der Waals surface area contributed by atoms with Crippen LogP contribution in [0.3, 0.4) is 0 Å². The Morgan fingerprint density at radius 2 is 1.96 bits per heavy atom. The summed E-state index contributed by atoms with van der Waals surface area (Å²) in [7, 11) is 1.58. The molecule has 0 radical (unpaired) electrons. The van der Waals surface area contributed by atoms with Crippen LogP contribution in [-0.2, 0) is 11.3 Å². The van der Waals surface area contributed by atoms with Crippen LogP contribution in [0.4, 0.5) is 8.78 Å². The van der Waals surface area contributed by atoms with E-state index in [4.69, 9.17) is 4.74 Å². The Labute approximate surface area is 164 Å². The summed E-state index contributed by atoms with van der Waals surface area (Å²) in [6.07, 6.45) is 0. The largest absolute Gasteiger partial charge is 0.490 e. The molecule has 0 aliphatic heterocycles. The zero-order valence-electron chi connectivity index (χ0n) is 17.1. The second-order valence-electron chi connectivity index (χ2n) is 6.57. The van der Waals surface area contributed by atoms with Gasteiger partial charge in [0.05, 0.1) is 18.6 Å². The van der Waals surface area contributed by atoms with E-state index < -0.39 is 12.0 Å². The molecule has 0 unspecified atom stereocenters. The summed E-state index contributed by atoms with van der Waals surface area (Å²) < 4.78 is 35.7. The van der Waals surface area contributed by atoms with E-state index >= 15 is 0 Å². The third-order valence-corrected chi connectivity index (χ3v) is 3.86. The Morgan fingerprint density at radius 1 is 1.25 bits per heavy atom. The lowest BCUT2D eigenvalue weighted by Gasteiger charge is -2.24. The van der Waals surface area contributed by atoms with Gasteiger partial charge in [-0.15, -0.1) is 0 Å². The molecule has 28 heavy (non-hydrogen) atoms. The first-order chi connectivity index (χ1) is 13.2. The second-order valence-corrected chi connectivity index (χ2v) is 6.57. The molecule has 9 heteroatoms. The van der Waals surface area contributed by atoms with Crippen LogP contribution >= 0.6 is 0 Å². The third-order valence-electron chi connectivity index (χ3n) is 3.86. The number of carbonyl (C=O) groups excluding carboxylic acids is 1. The minimum Gasteiger partial charge on any atom is -0.490 e. The monoisotopic (exact) mass is 400 g/mol. The van der Waals surface area contributed by atoms with Crippen molar-refractivity contribution in [2.75, 3.05) is 26.7 Å². The number of ether oxygens (including phenoxy) is 2. The van der Waals surface area contributed by atoms with E-state index in [1.807, 2.05) is 20.8 Å². The molecule has 0 aliphatic rings. The predicted octanol–water partition coefficient (Wildman–Crippen LogP) is 2.51. The highest BCUT2D eigenvalue weighted by atomic mass is 19.3. The highest BCUT2D eigenvalue weighted by Crippen LogP contribution is 2.33. The summed E-state index contributed by atoms with van der Waals surface area (Å²) in [5.74, 6) is 0.580. The van der Waals surface area contributed by atoms with Gasteiger partial charge in [0.1, 0.15) is 0 Å². The van der Waals surface area contributed by atoms with E-state index in [0.29, 0.717) is 31.2 Å². The van der Waals surface area contributed by atoms with Crippen molar-refractivity contribution in [2.45, 2.75) is 40.9 Å². The average Bonchev–Trinajstić information content (AvgIpc) is 2.65. The van der Waals surface area contributed by atoms with E-state index in [1.54, 1.807) is 32.2 Å². The molecule has 0 heterocycles. The number of nitrogens with zero attached hydrogens (tertiary/aromatic N) is 1. The normalized spacial score (nSPS) is 11.9. The van der Waals surface area contributed by atoms with Gasteiger partial charge in [-0.05, 0) is 33.8 Å². The number of nitrogens with one attached hydrogen (secondary N) is 3. The molecule has 0 saturated carbocycles. The SMILES string of the molecule is CCNC(=NCc1cccc(OCC)c1OC(F)F)NCC(C)(C)C(=O)NC. The van der Waals surface area contributed by atoms with Gasteiger partial charge in [0, 0.05) is 25.7 Å². The lowest BCUT2D eigenvalue weighted by atomic mass is 9.92. The van der Waals surface area contributed by atoms with Crippen LogP contribution in [0.25, 0.3) is 0 Å². The summed E-state index contributed by atoms with van der Waals surface area (Å²) in [6.45, 7) is 5.68. The van der Waals surface area contributed by atoms with Gasteiger partial charge in [-0.25, -0.2) is 4.99 Å². The molecule has 1 amide bonds. The van der Waals surface area contributed by atoms with Crippen LogP contribution in [0, 0.1) is 5.41 Å². The Hall–Kier alpha value is -2.58. The lowest BCUT2D eigenvalue weighted by Crippen LogP contribution is -2.47. The van der Waals surface area contributed by atoms with Crippen LogP contribution < -0.4 is 25.4 Å². The molecule has 1 aromatic carbocycles. The molecular weight excluding hydrogens is 370 g/mol. The lowest BCUT2D eigenvalue weighted by molar-refractivity contribution is -0.128. The third kappa shape index (κ3) is 7.21. The Bertz CT molecular complexity index is 667. The summed E-state index contributed by atoms with van der Waals surface area (Å²) in [5, 5.41) is 8.80. The first kappa shape index (κ1) is 23.5. The van der Waals surface area contributed by atoms with Crippen molar-refractivity contribution < 1.29 is 23.0 Å². The van der Waals surface area contributed by atoms with Crippen LogP contribution in [-0.4, -0.2) is 45.2 Å². The van der Waals surface area contributed by atoms with Gasteiger partial charge in [-0.3, -0.25) is 4.79 Å². The number of alkyl halides is 2. The number of halogens is 2. The molecule has 0 saturated heterocycles. The van der Waals surface area contributed by atoms with Crippen LogP contribution in [0.2, 0.25) is 0 Å². The summed E-state index contributed by atoms with van der Waals surface area (Å²) >= 11 is 0. The van der Waals surface area contributed by atoms with Gasteiger partial charge in [0.2, 0.25) is 5.91 Å². The summed E-state index contributed by atoms with van der Waals surface area (Å²) in [5.41, 5.74) is -0.182. The minimum atomic E-state index is -2.97. The fourth-order valence-electron chi connectivity index (χ4n) is 2.41. The molecule has 0 atom stereocenters. The number of hydrogen-bond donors (Lipinski definition) is 3. The number of hydrogen-bond acceptors (Lipinski definition) is 4. The fraction of sp³-hybridized carbons (Fsp3) is 0.579. The van der Waals surface area contributed by atoms with Crippen molar-refractivity contribution in [3.63, 3.8) is 0 Å². The van der Waals surface area contributed by atoms with E-state index in [1.165, 1.54) is 0 Å². The first-order valence-electron chi connectivity index (χ1n) is 9.19. The molecule has 3 N–H and O–H groups in total. The maximum Gasteiger partial charge on any atom is 0.387 e. The molecule has 0 bridgehead atoms. The highest BCUT2D eigenvalue weighted by molar-refractivity contribution is 5.84. The Balaban J connectivity index is 3.00. The standard InChI is InChI=1S/C19H30F2N4O3/c1-6-23-18(25-12-19(3,4)16(26)22-5)24-11-13-9-8-10-14(27-7-2)15(13)28-17(20)21/h8-10,17H,6-7,11-12H2,1-5H3,(H,22,26)(H2,23,24,25). The van der Waals surface area contributed by atoms with E-state index in [2.05, 4.69) is 25.7 Å². The number of aliphatic imine (C=N–C) groups is 1. The maximum atomic E-state index is 12.8. The van der Waals surface area contributed by atoms with Gasteiger partial charge in [-0.1, -0.05) is 12.1 Å². The van der Waals surface area contributed by atoms with E-state index in [9.17, 15) is 13.6 Å². The van der Waals surface area contributed by atoms with Crippen molar-refractivity contribution in [3.8, 4) is 11.5 Å². The molecule has 0 fully saturated rings. The molecule has 0 aliphatic carbocycles. The van der Waals surface area contributed by atoms with Crippen LogP contribution in [0.5, 0.6) is 11.5 Å². The molecule has 1 aromatic rings. The van der Waals surface area contributed by atoms with Gasteiger partial charge in [-0.2, -0.15) is 8.78 Å². The predicted molar refractivity (Wildman–Crippen MR) is 105 cm³/mol. The summed E-state index contributed by atoms with van der Waals surface area (Å²) in [6, 6.07) is 4.93. The van der Waals surface area contributed by atoms with Gasteiger partial charge in [0.15, 0.2) is 17.5 Å². The van der Waals surface area contributed by atoms with Crippen LogP contribution in [0.15, 0.2) is 23.2 Å². The smallest absolute Gasteiger partial charge is 0.387 e. The number of carbonyl (C=O) groups is 1.